The second-order valence-corrected chi connectivity index (χ2v) is 5.26. The summed E-state index contributed by atoms with van der Waals surface area (Å²) in [6, 6.07) is 11.6. The maximum absolute atomic E-state index is 10.3. The van der Waals surface area contributed by atoms with Crippen LogP contribution in [0.4, 0.5) is 0 Å². The molecular formula is C15H15Cl2NO2. The second kappa shape index (κ2) is 6.46. The Labute approximate surface area is 127 Å². The molecule has 0 aliphatic heterocycles. The number of methoxy groups -OCH3 is 1. The summed E-state index contributed by atoms with van der Waals surface area (Å²) in [5.41, 5.74) is 7.51. The summed E-state index contributed by atoms with van der Waals surface area (Å²) in [7, 11) is 1.54. The van der Waals surface area contributed by atoms with Gasteiger partial charge in [-0.25, -0.2) is 0 Å². The first-order chi connectivity index (χ1) is 9.52. The van der Waals surface area contributed by atoms with Gasteiger partial charge in [0.25, 0.3) is 0 Å². The normalized spacial score (nSPS) is 13.8. The van der Waals surface area contributed by atoms with Gasteiger partial charge >= 0.3 is 0 Å². The smallest absolute Gasteiger partial charge is 0.137 e. The summed E-state index contributed by atoms with van der Waals surface area (Å²) in [5, 5.41) is 11.4. The van der Waals surface area contributed by atoms with Crippen molar-refractivity contribution in [3.63, 3.8) is 0 Å². The van der Waals surface area contributed by atoms with E-state index in [4.69, 9.17) is 33.7 Å². The highest BCUT2D eigenvalue weighted by Gasteiger charge is 2.19. The number of nitrogens with two attached hydrogens (primary N) is 1. The highest BCUT2D eigenvalue weighted by molar-refractivity contribution is 6.32. The minimum absolute atomic E-state index is 0.437. The van der Waals surface area contributed by atoms with Gasteiger partial charge in [-0.05, 0) is 35.4 Å². The van der Waals surface area contributed by atoms with Crippen molar-refractivity contribution in [2.45, 2.75) is 12.1 Å². The fraction of sp³-hybridized carbons (Fsp3) is 0.200. The molecule has 0 saturated carbocycles. The van der Waals surface area contributed by atoms with Crippen LogP contribution in [0.15, 0.2) is 42.5 Å². The lowest BCUT2D eigenvalue weighted by Gasteiger charge is -2.20. The Hall–Kier alpha value is -1.26. The number of hydrogen-bond donors (Lipinski definition) is 2. The average molecular weight is 312 g/mol. The standard InChI is InChI=1S/C15H15Cl2NO2/c1-20-13-7-4-10(8-12(13)17)15(19)14(18)9-2-5-11(16)6-3-9/h2-8,14-15,19H,18H2,1H3/t14-,15-/m1/s1. The number of hydrogen-bond acceptors (Lipinski definition) is 3. The van der Waals surface area contributed by atoms with Crippen LogP contribution < -0.4 is 10.5 Å². The van der Waals surface area contributed by atoms with Gasteiger partial charge in [0.05, 0.1) is 24.3 Å². The number of aliphatic hydroxyl groups is 1. The highest BCUT2D eigenvalue weighted by atomic mass is 35.5. The van der Waals surface area contributed by atoms with E-state index < -0.39 is 12.1 Å². The zero-order chi connectivity index (χ0) is 14.7. The van der Waals surface area contributed by atoms with E-state index in [2.05, 4.69) is 0 Å². The summed E-state index contributed by atoms with van der Waals surface area (Å²) >= 11 is 11.9. The SMILES string of the molecule is COc1ccc([C@@H](O)[C@H](N)c2ccc(Cl)cc2)cc1Cl. The topological polar surface area (TPSA) is 55.5 Å². The molecule has 3 nitrogen and oxygen atoms in total. The first-order valence-electron chi connectivity index (χ1n) is 6.05. The third-order valence-electron chi connectivity index (χ3n) is 3.11. The summed E-state index contributed by atoms with van der Waals surface area (Å²) in [6.07, 6.45) is -0.861. The van der Waals surface area contributed by atoms with E-state index in [1.165, 1.54) is 7.11 Å². The zero-order valence-electron chi connectivity index (χ0n) is 10.9. The Morgan fingerprint density at radius 3 is 2.20 bits per heavy atom. The van der Waals surface area contributed by atoms with E-state index in [1.54, 1.807) is 42.5 Å². The predicted molar refractivity (Wildman–Crippen MR) is 81.3 cm³/mol. The van der Waals surface area contributed by atoms with Crippen LogP contribution in [-0.2, 0) is 0 Å². The Kier molecular flexibility index (Phi) is 4.89. The van der Waals surface area contributed by atoms with Crippen LogP contribution in [0.1, 0.15) is 23.3 Å². The lowest BCUT2D eigenvalue weighted by Crippen LogP contribution is -2.19. The molecule has 0 fully saturated rings. The fourth-order valence-corrected chi connectivity index (χ4v) is 2.33. The minimum Gasteiger partial charge on any atom is -0.495 e. The summed E-state index contributed by atoms with van der Waals surface area (Å²) in [5.74, 6) is 0.558. The molecule has 0 bridgehead atoms. The first-order valence-corrected chi connectivity index (χ1v) is 6.81. The summed E-state index contributed by atoms with van der Waals surface area (Å²) in [4.78, 5) is 0. The molecule has 0 aliphatic rings. The van der Waals surface area contributed by atoms with Crippen molar-refractivity contribution in [2.24, 2.45) is 5.73 Å². The summed E-state index contributed by atoms with van der Waals surface area (Å²) in [6.45, 7) is 0. The van der Waals surface area contributed by atoms with E-state index in [0.717, 1.165) is 5.56 Å². The lowest BCUT2D eigenvalue weighted by molar-refractivity contribution is 0.147. The van der Waals surface area contributed by atoms with Crippen molar-refractivity contribution in [2.75, 3.05) is 7.11 Å². The number of ether oxygens (including phenoxy) is 1. The van der Waals surface area contributed by atoms with Gasteiger partial charge in [0.1, 0.15) is 5.75 Å². The molecule has 106 valence electrons. The van der Waals surface area contributed by atoms with E-state index in [1.807, 2.05) is 0 Å². The van der Waals surface area contributed by atoms with Crippen LogP contribution in [0.5, 0.6) is 5.75 Å². The Balaban J connectivity index is 2.24. The molecule has 2 atom stereocenters. The molecule has 20 heavy (non-hydrogen) atoms. The molecule has 0 spiro atoms. The van der Waals surface area contributed by atoms with Gasteiger partial charge in [-0.3, -0.25) is 0 Å². The lowest BCUT2D eigenvalue weighted by atomic mass is 9.96. The number of rotatable bonds is 4. The molecule has 0 saturated heterocycles. The molecule has 3 N–H and O–H groups in total. The Bertz CT molecular complexity index is 587. The van der Waals surface area contributed by atoms with Crippen molar-refractivity contribution < 1.29 is 9.84 Å². The largest absolute Gasteiger partial charge is 0.495 e. The third kappa shape index (κ3) is 3.25. The van der Waals surface area contributed by atoms with Gasteiger partial charge in [-0.2, -0.15) is 0 Å². The second-order valence-electron chi connectivity index (χ2n) is 4.42. The van der Waals surface area contributed by atoms with E-state index in [-0.39, 0.29) is 0 Å². The van der Waals surface area contributed by atoms with Crippen molar-refractivity contribution >= 4 is 23.2 Å². The quantitative estimate of drug-likeness (QED) is 0.904. The molecule has 0 aliphatic carbocycles. The molecule has 2 aromatic rings. The Morgan fingerprint density at radius 2 is 1.65 bits per heavy atom. The molecule has 2 aromatic carbocycles. The Morgan fingerprint density at radius 1 is 1.05 bits per heavy atom. The van der Waals surface area contributed by atoms with Crippen molar-refractivity contribution in [1.29, 1.82) is 0 Å². The van der Waals surface area contributed by atoms with Crippen LogP contribution in [-0.4, -0.2) is 12.2 Å². The molecule has 0 radical (unpaired) electrons. The highest BCUT2D eigenvalue weighted by Crippen LogP contribution is 2.32. The number of benzene rings is 2. The average Bonchev–Trinajstić information content (AvgIpc) is 2.46. The van der Waals surface area contributed by atoms with Crippen LogP contribution in [0.25, 0.3) is 0 Å². The zero-order valence-corrected chi connectivity index (χ0v) is 12.4. The molecule has 2 rings (SSSR count). The maximum Gasteiger partial charge on any atom is 0.137 e. The van der Waals surface area contributed by atoms with Gasteiger partial charge in [0.2, 0.25) is 0 Å². The number of halogens is 2. The van der Waals surface area contributed by atoms with Crippen LogP contribution in [0.3, 0.4) is 0 Å². The van der Waals surface area contributed by atoms with Gasteiger partial charge in [0.15, 0.2) is 0 Å². The first kappa shape index (κ1) is 15.1. The maximum atomic E-state index is 10.3. The van der Waals surface area contributed by atoms with Crippen LogP contribution >= 0.6 is 23.2 Å². The van der Waals surface area contributed by atoms with E-state index in [0.29, 0.717) is 21.4 Å². The van der Waals surface area contributed by atoms with E-state index in [9.17, 15) is 5.11 Å². The minimum atomic E-state index is -0.861. The molecule has 5 heteroatoms. The fourth-order valence-electron chi connectivity index (χ4n) is 1.94. The monoisotopic (exact) mass is 311 g/mol. The van der Waals surface area contributed by atoms with Crippen molar-refractivity contribution in [3.05, 3.63) is 63.6 Å². The molecule has 0 aromatic heterocycles. The van der Waals surface area contributed by atoms with E-state index >= 15 is 0 Å². The van der Waals surface area contributed by atoms with Crippen molar-refractivity contribution in [1.82, 2.24) is 0 Å². The van der Waals surface area contributed by atoms with Gasteiger partial charge in [0, 0.05) is 5.02 Å². The van der Waals surface area contributed by atoms with Gasteiger partial charge in [-0.15, -0.1) is 0 Å². The number of aliphatic hydroxyl groups excluding tert-OH is 1. The van der Waals surface area contributed by atoms with Gasteiger partial charge < -0.3 is 15.6 Å². The molecule has 0 heterocycles. The molecular weight excluding hydrogens is 297 g/mol. The molecule has 0 unspecified atom stereocenters. The van der Waals surface area contributed by atoms with Crippen LogP contribution in [0.2, 0.25) is 10.0 Å². The van der Waals surface area contributed by atoms with Crippen LogP contribution in [0, 0.1) is 0 Å². The predicted octanol–water partition coefficient (Wildman–Crippen LogP) is 3.74. The summed E-state index contributed by atoms with van der Waals surface area (Å²) < 4.78 is 5.08. The molecule has 0 amide bonds. The third-order valence-corrected chi connectivity index (χ3v) is 3.66. The van der Waals surface area contributed by atoms with Gasteiger partial charge in [-0.1, -0.05) is 41.4 Å². The van der Waals surface area contributed by atoms with Crippen molar-refractivity contribution in [3.8, 4) is 5.75 Å².